The first-order chi connectivity index (χ1) is 15.7. The van der Waals surface area contributed by atoms with Gasteiger partial charge in [0.25, 0.3) is 0 Å². The summed E-state index contributed by atoms with van der Waals surface area (Å²) in [4.78, 5) is 9.55. The Morgan fingerprint density at radius 3 is 2.31 bits per heavy atom. The zero-order valence-corrected chi connectivity index (χ0v) is 18.3. The van der Waals surface area contributed by atoms with Crippen LogP contribution in [0.5, 0.6) is 0 Å². The maximum absolute atomic E-state index is 13.3. The lowest BCUT2D eigenvalue weighted by molar-refractivity contribution is -0.0656. The van der Waals surface area contributed by atoms with Crippen LogP contribution < -0.4 is 0 Å². The Bertz CT molecular complexity index is 1010. The minimum atomic E-state index is -0.217. The number of rotatable bonds is 5. The van der Waals surface area contributed by atoms with Crippen molar-refractivity contribution in [2.24, 2.45) is 0 Å². The molecule has 2 aliphatic rings. The highest BCUT2D eigenvalue weighted by Gasteiger charge is 2.49. The molecule has 0 aliphatic carbocycles. The third-order valence-electron chi connectivity index (χ3n) is 7.04. The standard InChI is InChI=1S/C27H30FN3O/c28-23-12-10-21(11-13-23)20-6-8-22(9-7-20)27-25-18-30(17-24-5-1-2-14-29-24)15-3-4-16-31(25)26(27)19-32/h1-2,5-14,25-27,32H,3-4,15-19H2/t25-,26+,27+/m0/s1. The van der Waals surface area contributed by atoms with Gasteiger partial charge in [0.15, 0.2) is 0 Å². The number of hydrogen-bond donors (Lipinski definition) is 1. The monoisotopic (exact) mass is 431 g/mol. The molecule has 3 heterocycles. The van der Waals surface area contributed by atoms with E-state index in [1.807, 2.05) is 24.4 Å². The normalized spacial score (nSPS) is 24.2. The summed E-state index contributed by atoms with van der Waals surface area (Å²) in [5.41, 5.74) is 4.48. The molecule has 1 aromatic heterocycles. The summed E-state index contributed by atoms with van der Waals surface area (Å²) in [5.74, 6) is 0.0943. The lowest BCUT2D eigenvalue weighted by atomic mass is 9.74. The minimum absolute atomic E-state index is 0.173. The molecule has 0 radical (unpaired) electrons. The van der Waals surface area contributed by atoms with Crippen molar-refractivity contribution in [1.82, 2.24) is 14.8 Å². The number of aliphatic hydroxyl groups is 1. The molecule has 2 aliphatic heterocycles. The topological polar surface area (TPSA) is 39.6 Å². The number of benzene rings is 2. The fraction of sp³-hybridized carbons (Fsp3) is 0.370. The number of nitrogens with zero attached hydrogens (tertiary/aromatic N) is 3. The molecule has 2 fully saturated rings. The molecule has 0 spiro atoms. The van der Waals surface area contributed by atoms with E-state index in [0.29, 0.717) is 12.0 Å². The first-order valence-electron chi connectivity index (χ1n) is 11.6. The lowest BCUT2D eigenvalue weighted by Gasteiger charge is -2.57. The zero-order valence-electron chi connectivity index (χ0n) is 18.3. The highest BCUT2D eigenvalue weighted by molar-refractivity contribution is 5.63. The second-order valence-corrected chi connectivity index (χ2v) is 8.97. The van der Waals surface area contributed by atoms with Gasteiger partial charge in [-0.1, -0.05) is 42.5 Å². The van der Waals surface area contributed by atoms with Crippen molar-refractivity contribution in [3.05, 3.63) is 90.0 Å². The van der Waals surface area contributed by atoms with Crippen molar-refractivity contribution in [3.8, 4) is 11.1 Å². The molecule has 2 saturated heterocycles. The molecular formula is C27H30FN3O. The van der Waals surface area contributed by atoms with Gasteiger partial charge >= 0.3 is 0 Å². The van der Waals surface area contributed by atoms with Gasteiger partial charge in [-0.05, 0) is 66.9 Å². The van der Waals surface area contributed by atoms with E-state index in [2.05, 4.69) is 51.2 Å². The number of aliphatic hydroxyl groups excluding tert-OH is 1. The summed E-state index contributed by atoms with van der Waals surface area (Å²) in [5, 5.41) is 10.2. The molecule has 5 heteroatoms. The molecule has 0 unspecified atom stereocenters. The number of hydrogen-bond acceptors (Lipinski definition) is 4. The molecule has 1 N–H and O–H groups in total. The van der Waals surface area contributed by atoms with Gasteiger partial charge in [0.2, 0.25) is 0 Å². The Morgan fingerprint density at radius 1 is 0.906 bits per heavy atom. The smallest absolute Gasteiger partial charge is 0.123 e. The van der Waals surface area contributed by atoms with E-state index < -0.39 is 0 Å². The van der Waals surface area contributed by atoms with Crippen LogP contribution in [0, 0.1) is 5.82 Å². The number of pyridine rings is 1. The third-order valence-corrected chi connectivity index (χ3v) is 7.04. The average molecular weight is 432 g/mol. The van der Waals surface area contributed by atoms with Crippen molar-refractivity contribution >= 4 is 0 Å². The SMILES string of the molecule is OC[C@@H]1[C@H](c2ccc(-c3ccc(F)cc3)cc2)[C@@H]2CN(Cc3ccccn3)CCCCN12. The summed E-state index contributed by atoms with van der Waals surface area (Å²) >= 11 is 0. The van der Waals surface area contributed by atoms with E-state index >= 15 is 0 Å². The van der Waals surface area contributed by atoms with Crippen LogP contribution >= 0.6 is 0 Å². The first-order valence-corrected chi connectivity index (χ1v) is 11.6. The maximum Gasteiger partial charge on any atom is 0.123 e. The Kier molecular flexibility index (Phi) is 6.30. The van der Waals surface area contributed by atoms with Crippen LogP contribution in [0.2, 0.25) is 0 Å². The summed E-state index contributed by atoms with van der Waals surface area (Å²) in [6.45, 7) is 4.17. The second-order valence-electron chi connectivity index (χ2n) is 8.97. The van der Waals surface area contributed by atoms with Gasteiger partial charge in [-0.2, -0.15) is 0 Å². The molecule has 0 amide bonds. The Hall–Kier alpha value is -2.60. The van der Waals surface area contributed by atoms with Gasteiger partial charge in [-0.25, -0.2) is 4.39 Å². The fourth-order valence-corrected chi connectivity index (χ4v) is 5.42. The van der Waals surface area contributed by atoms with Gasteiger partial charge < -0.3 is 5.11 Å². The molecule has 4 nitrogen and oxygen atoms in total. The Morgan fingerprint density at radius 2 is 1.62 bits per heavy atom. The van der Waals surface area contributed by atoms with Crippen molar-refractivity contribution < 1.29 is 9.50 Å². The molecule has 3 atom stereocenters. The van der Waals surface area contributed by atoms with Gasteiger partial charge in [0.1, 0.15) is 5.82 Å². The van der Waals surface area contributed by atoms with E-state index in [1.165, 1.54) is 24.1 Å². The van der Waals surface area contributed by atoms with Crippen LogP contribution in [0.3, 0.4) is 0 Å². The highest BCUT2D eigenvalue weighted by atomic mass is 19.1. The predicted molar refractivity (Wildman–Crippen MR) is 125 cm³/mol. The molecule has 0 bridgehead atoms. The molecule has 32 heavy (non-hydrogen) atoms. The van der Waals surface area contributed by atoms with Crippen LogP contribution in [0.25, 0.3) is 11.1 Å². The summed E-state index contributed by atoms with van der Waals surface area (Å²) in [7, 11) is 0. The quantitative estimate of drug-likeness (QED) is 0.653. The van der Waals surface area contributed by atoms with E-state index in [4.69, 9.17) is 0 Å². The van der Waals surface area contributed by atoms with E-state index in [-0.39, 0.29) is 18.5 Å². The van der Waals surface area contributed by atoms with Crippen molar-refractivity contribution in [1.29, 1.82) is 0 Å². The third kappa shape index (κ3) is 4.33. The van der Waals surface area contributed by atoms with E-state index in [9.17, 15) is 9.50 Å². The summed E-state index contributed by atoms with van der Waals surface area (Å²) in [6, 6.07) is 21.9. The Balaban J connectivity index is 1.35. The van der Waals surface area contributed by atoms with E-state index in [1.54, 1.807) is 0 Å². The van der Waals surface area contributed by atoms with Crippen molar-refractivity contribution in [2.75, 3.05) is 26.2 Å². The van der Waals surface area contributed by atoms with Crippen LogP contribution in [0.15, 0.2) is 72.9 Å². The van der Waals surface area contributed by atoms with Crippen LogP contribution in [-0.4, -0.2) is 58.2 Å². The van der Waals surface area contributed by atoms with Gasteiger partial charge in [-0.15, -0.1) is 0 Å². The number of fused-ring (bicyclic) bond motifs is 1. The van der Waals surface area contributed by atoms with Gasteiger partial charge in [0.05, 0.1) is 12.3 Å². The summed E-state index contributed by atoms with van der Waals surface area (Å²) < 4.78 is 13.3. The molecule has 166 valence electrons. The second kappa shape index (κ2) is 9.49. The predicted octanol–water partition coefficient (Wildman–Crippen LogP) is 4.31. The lowest BCUT2D eigenvalue weighted by Crippen LogP contribution is -2.67. The molecule has 0 saturated carbocycles. The molecule has 5 rings (SSSR count). The van der Waals surface area contributed by atoms with Crippen molar-refractivity contribution in [3.63, 3.8) is 0 Å². The average Bonchev–Trinajstić information content (AvgIpc) is 2.81. The van der Waals surface area contributed by atoms with E-state index in [0.717, 1.165) is 49.4 Å². The number of halogens is 1. The van der Waals surface area contributed by atoms with Crippen LogP contribution in [0.1, 0.15) is 30.0 Å². The molecular weight excluding hydrogens is 401 g/mol. The van der Waals surface area contributed by atoms with Gasteiger partial charge in [0, 0.05) is 37.3 Å². The van der Waals surface area contributed by atoms with Crippen molar-refractivity contribution in [2.45, 2.75) is 37.4 Å². The number of aromatic nitrogens is 1. The maximum atomic E-state index is 13.3. The van der Waals surface area contributed by atoms with Crippen LogP contribution in [-0.2, 0) is 6.54 Å². The fourth-order valence-electron chi connectivity index (χ4n) is 5.42. The molecule has 2 aromatic carbocycles. The minimum Gasteiger partial charge on any atom is -0.395 e. The zero-order chi connectivity index (χ0) is 21.9. The largest absolute Gasteiger partial charge is 0.395 e. The van der Waals surface area contributed by atoms with Gasteiger partial charge in [-0.3, -0.25) is 14.8 Å². The molecule has 3 aromatic rings. The Labute approximate surface area is 189 Å². The first kappa shape index (κ1) is 21.3. The van der Waals surface area contributed by atoms with Crippen LogP contribution in [0.4, 0.5) is 4.39 Å². The highest BCUT2D eigenvalue weighted by Crippen LogP contribution is 2.42. The summed E-state index contributed by atoms with van der Waals surface area (Å²) in [6.07, 6.45) is 4.19.